The van der Waals surface area contributed by atoms with E-state index in [2.05, 4.69) is 69.6 Å². The average Bonchev–Trinajstić information content (AvgIpc) is 3.56. The van der Waals surface area contributed by atoms with Gasteiger partial charge < -0.3 is 30.4 Å². The van der Waals surface area contributed by atoms with Crippen molar-refractivity contribution in [1.29, 1.82) is 0 Å². The van der Waals surface area contributed by atoms with Crippen molar-refractivity contribution in [3.63, 3.8) is 0 Å². The Labute approximate surface area is 224 Å². The molecule has 4 heterocycles. The van der Waals surface area contributed by atoms with E-state index in [1.165, 1.54) is 5.70 Å². The van der Waals surface area contributed by atoms with Gasteiger partial charge in [-0.2, -0.15) is 9.97 Å². The van der Waals surface area contributed by atoms with Gasteiger partial charge in [0.25, 0.3) is 0 Å². The Bertz CT molecular complexity index is 1120. The second-order valence-electron chi connectivity index (χ2n) is 9.90. The van der Waals surface area contributed by atoms with Crippen LogP contribution in [0.1, 0.15) is 25.5 Å². The zero-order valence-electron chi connectivity index (χ0n) is 22.3. The Hall–Kier alpha value is -3.38. The summed E-state index contributed by atoms with van der Waals surface area (Å²) >= 11 is 0. The van der Waals surface area contributed by atoms with E-state index in [-0.39, 0.29) is 12.2 Å². The summed E-state index contributed by atoms with van der Waals surface area (Å²) in [6.45, 7) is 9.51. The van der Waals surface area contributed by atoms with Crippen LogP contribution in [0.25, 0.3) is 0 Å². The summed E-state index contributed by atoms with van der Waals surface area (Å²) in [7, 11) is 2.00. The third-order valence-corrected chi connectivity index (χ3v) is 6.69. The van der Waals surface area contributed by atoms with Crippen LogP contribution < -0.4 is 26.3 Å². The monoisotopic (exact) mass is 522 g/mol. The van der Waals surface area contributed by atoms with Gasteiger partial charge in [0.2, 0.25) is 11.8 Å². The van der Waals surface area contributed by atoms with E-state index in [9.17, 15) is 0 Å². The molecule has 0 radical (unpaired) electrons. The molecule has 5 rings (SSSR count). The molecular formula is C27H38N8O3. The van der Waals surface area contributed by atoms with Crippen LogP contribution in [0.3, 0.4) is 0 Å². The fourth-order valence-corrected chi connectivity index (χ4v) is 4.44. The second-order valence-corrected chi connectivity index (χ2v) is 9.90. The molecule has 0 aliphatic carbocycles. The van der Waals surface area contributed by atoms with Crippen LogP contribution in [0, 0.1) is 5.92 Å². The SMILES string of the molecule is CC(C)C1=CC(Nc2cc(OCCN3CCOCC3)nc(NCC3=CC(c4ccccc4)NO3)n2)N(C)N1. The lowest BCUT2D eigenvalue weighted by atomic mass is 10.1. The lowest BCUT2D eigenvalue weighted by molar-refractivity contribution is 0.0320. The number of hydrogen-bond donors (Lipinski definition) is 4. The highest BCUT2D eigenvalue weighted by atomic mass is 16.7. The zero-order chi connectivity index (χ0) is 26.3. The smallest absolute Gasteiger partial charge is 0.228 e. The van der Waals surface area contributed by atoms with Crippen LogP contribution in [0.4, 0.5) is 11.8 Å². The zero-order valence-corrected chi connectivity index (χ0v) is 22.3. The molecular weight excluding hydrogens is 484 g/mol. The molecule has 1 aromatic carbocycles. The van der Waals surface area contributed by atoms with E-state index in [0.29, 0.717) is 36.7 Å². The number of hydrogen-bond acceptors (Lipinski definition) is 11. The van der Waals surface area contributed by atoms with E-state index in [4.69, 9.17) is 19.3 Å². The van der Waals surface area contributed by atoms with E-state index in [0.717, 1.165) is 44.2 Å². The summed E-state index contributed by atoms with van der Waals surface area (Å²) in [6, 6.07) is 12.0. The van der Waals surface area contributed by atoms with Crippen molar-refractivity contribution in [2.75, 3.05) is 63.7 Å². The summed E-state index contributed by atoms with van der Waals surface area (Å²) in [4.78, 5) is 17.4. The molecule has 1 fully saturated rings. The number of allylic oxidation sites excluding steroid dienone is 1. The number of ether oxygens (including phenoxy) is 2. The Kier molecular flexibility index (Phi) is 8.59. The minimum Gasteiger partial charge on any atom is -0.476 e. The number of nitrogens with one attached hydrogen (secondary N) is 4. The van der Waals surface area contributed by atoms with E-state index in [1.807, 2.05) is 36.3 Å². The summed E-state index contributed by atoms with van der Waals surface area (Å²) in [5, 5.41) is 8.80. The highest BCUT2D eigenvalue weighted by molar-refractivity contribution is 5.46. The first kappa shape index (κ1) is 26.2. The van der Waals surface area contributed by atoms with Gasteiger partial charge >= 0.3 is 0 Å². The number of aromatic nitrogens is 2. The molecule has 0 spiro atoms. The molecule has 3 aliphatic heterocycles. The maximum Gasteiger partial charge on any atom is 0.228 e. The molecule has 38 heavy (non-hydrogen) atoms. The fraction of sp³-hybridized carbons (Fsp3) is 0.481. The summed E-state index contributed by atoms with van der Waals surface area (Å²) in [6.07, 6.45) is 4.18. The highest BCUT2D eigenvalue weighted by Gasteiger charge is 2.24. The third-order valence-electron chi connectivity index (χ3n) is 6.69. The summed E-state index contributed by atoms with van der Waals surface area (Å²) in [5.74, 6) is 2.83. The molecule has 11 heteroatoms. The van der Waals surface area contributed by atoms with Crippen molar-refractivity contribution in [2.45, 2.75) is 26.1 Å². The quantitative estimate of drug-likeness (QED) is 0.350. The van der Waals surface area contributed by atoms with Gasteiger partial charge in [0.1, 0.15) is 24.3 Å². The molecule has 4 N–H and O–H groups in total. The molecule has 0 amide bonds. The molecule has 11 nitrogen and oxygen atoms in total. The lowest BCUT2D eigenvalue weighted by Gasteiger charge is -2.26. The maximum absolute atomic E-state index is 6.07. The Balaban J connectivity index is 1.26. The van der Waals surface area contributed by atoms with Gasteiger partial charge in [0, 0.05) is 38.4 Å². The Morgan fingerprint density at radius 1 is 1.13 bits per heavy atom. The van der Waals surface area contributed by atoms with Crippen molar-refractivity contribution in [3.05, 3.63) is 65.6 Å². The van der Waals surface area contributed by atoms with Crippen LogP contribution in [-0.4, -0.2) is 79.1 Å². The minimum atomic E-state index is -0.0481. The molecule has 1 saturated heterocycles. The molecule has 0 saturated carbocycles. The van der Waals surface area contributed by atoms with Crippen LogP contribution in [0.2, 0.25) is 0 Å². The van der Waals surface area contributed by atoms with Gasteiger partial charge in [-0.05, 0) is 23.6 Å². The number of nitrogens with zero attached hydrogens (tertiary/aromatic N) is 4. The Morgan fingerprint density at radius 2 is 1.95 bits per heavy atom. The third kappa shape index (κ3) is 6.93. The maximum atomic E-state index is 6.07. The number of hydrazine groups is 1. The minimum absolute atomic E-state index is 0.00773. The van der Waals surface area contributed by atoms with Crippen molar-refractivity contribution in [2.24, 2.45) is 5.92 Å². The largest absolute Gasteiger partial charge is 0.476 e. The lowest BCUT2D eigenvalue weighted by Crippen LogP contribution is -2.40. The predicted molar refractivity (Wildman–Crippen MR) is 146 cm³/mol. The fourth-order valence-electron chi connectivity index (χ4n) is 4.44. The average molecular weight is 523 g/mol. The van der Waals surface area contributed by atoms with Crippen LogP contribution >= 0.6 is 0 Å². The molecule has 2 aromatic rings. The number of morpholine rings is 1. The molecule has 1 aromatic heterocycles. The molecule has 204 valence electrons. The van der Waals surface area contributed by atoms with Gasteiger partial charge in [0.15, 0.2) is 0 Å². The number of likely N-dealkylation sites (N-methyl/N-ethyl adjacent to an activating group) is 1. The van der Waals surface area contributed by atoms with E-state index in [1.54, 1.807) is 0 Å². The van der Waals surface area contributed by atoms with Crippen molar-refractivity contribution >= 4 is 11.8 Å². The van der Waals surface area contributed by atoms with Gasteiger partial charge in [-0.15, -0.1) is 5.48 Å². The first-order chi connectivity index (χ1) is 18.5. The highest BCUT2D eigenvalue weighted by Crippen LogP contribution is 2.24. The Morgan fingerprint density at radius 3 is 2.71 bits per heavy atom. The van der Waals surface area contributed by atoms with Gasteiger partial charge in [-0.1, -0.05) is 44.2 Å². The molecule has 0 bridgehead atoms. The standard InChI is InChI=1S/C27H38N8O3/c1-19(2)22-16-25(34(3)32-22)29-24-17-26(37-14-11-35-9-12-36-13-10-35)31-27(30-24)28-18-21-15-23(33-38-21)20-7-5-4-6-8-20/h4-8,15-17,19,23,25,32-33H,9-14,18H2,1-3H3,(H2,28,29,30,31). The van der Waals surface area contributed by atoms with Crippen LogP contribution in [0.5, 0.6) is 5.88 Å². The number of benzene rings is 1. The van der Waals surface area contributed by atoms with Crippen molar-refractivity contribution in [3.8, 4) is 5.88 Å². The van der Waals surface area contributed by atoms with E-state index < -0.39 is 0 Å². The molecule has 3 aliphatic rings. The summed E-state index contributed by atoms with van der Waals surface area (Å²) < 4.78 is 11.5. The van der Waals surface area contributed by atoms with Gasteiger partial charge in [-0.3, -0.25) is 4.90 Å². The second kappa shape index (κ2) is 12.4. The molecule has 2 atom stereocenters. The number of rotatable bonds is 11. The first-order valence-electron chi connectivity index (χ1n) is 13.2. The van der Waals surface area contributed by atoms with Crippen molar-refractivity contribution < 1.29 is 14.3 Å². The van der Waals surface area contributed by atoms with Gasteiger partial charge in [0.05, 0.1) is 25.8 Å². The topological polar surface area (TPSA) is 108 Å². The van der Waals surface area contributed by atoms with Gasteiger partial charge in [-0.25, -0.2) is 5.01 Å². The number of anilines is 2. The van der Waals surface area contributed by atoms with Crippen molar-refractivity contribution in [1.82, 2.24) is 30.8 Å². The van der Waals surface area contributed by atoms with E-state index >= 15 is 0 Å². The van der Waals surface area contributed by atoms with Crippen LogP contribution in [-0.2, 0) is 9.57 Å². The summed E-state index contributed by atoms with van der Waals surface area (Å²) in [5.41, 5.74) is 8.78. The normalized spacial score (nSPS) is 22.0. The first-order valence-corrected chi connectivity index (χ1v) is 13.2. The molecule has 2 unspecified atom stereocenters. The van der Waals surface area contributed by atoms with Crippen LogP contribution in [0.15, 0.2) is 60.0 Å². The predicted octanol–water partition coefficient (Wildman–Crippen LogP) is 2.49. The number of hydroxylamine groups is 1.